The smallest absolute Gasteiger partial charge is 0.180 e. The van der Waals surface area contributed by atoms with E-state index in [2.05, 4.69) is 49.9 Å². The van der Waals surface area contributed by atoms with Crippen molar-refractivity contribution < 1.29 is 38.4 Å². The molecule has 1 aromatic carbocycles. The standard InChI is InChI=1S/C20H29NO2.ClHO4/c1-4-22-20(23-5-2)14(3)19-16-11-7-6-10-15(16)18(20)17-12-8-9-13-21(17)19;2-1(3,4)5/h6-7,10-11,14,17-19H,4-5,8-9,12-13H2,1-3H3;(H,2,3,4,5). The molecule has 0 aromatic heterocycles. The predicted octanol–water partition coefficient (Wildman–Crippen LogP) is -0.0256. The van der Waals surface area contributed by atoms with E-state index in [1.54, 1.807) is 0 Å². The van der Waals surface area contributed by atoms with Crippen molar-refractivity contribution in [3.63, 3.8) is 0 Å². The van der Waals surface area contributed by atoms with Gasteiger partial charge in [-0.2, -0.15) is 14.0 Å². The summed E-state index contributed by atoms with van der Waals surface area (Å²) in [6.07, 6.45) is 3.92. The van der Waals surface area contributed by atoms with Crippen LogP contribution >= 0.6 is 0 Å². The molecule has 0 saturated carbocycles. The van der Waals surface area contributed by atoms with E-state index in [0.29, 0.717) is 37.1 Å². The van der Waals surface area contributed by atoms with Crippen LogP contribution in [0.3, 0.4) is 0 Å². The fourth-order valence-electron chi connectivity index (χ4n) is 5.61. The number of fused-ring (bicyclic) bond motifs is 1. The Bertz CT molecular complexity index is 654. The number of ether oxygens (including phenoxy) is 2. The van der Waals surface area contributed by atoms with Gasteiger partial charge in [-0.15, -0.1) is 0 Å². The maximum Gasteiger partial charge on any atom is 0.180 e. The molecule has 4 atom stereocenters. The molecular formula is C20H30ClNO6. The van der Waals surface area contributed by atoms with Crippen molar-refractivity contribution in [2.24, 2.45) is 5.92 Å². The van der Waals surface area contributed by atoms with Crippen LogP contribution in [0.15, 0.2) is 24.3 Å². The highest BCUT2D eigenvalue weighted by atomic mass is 35.7. The van der Waals surface area contributed by atoms with Crippen LogP contribution in [-0.2, 0) is 9.47 Å². The second-order valence-corrected chi connectivity index (χ2v) is 8.42. The highest BCUT2D eigenvalue weighted by Crippen LogP contribution is 2.61. The Kier molecular flexibility index (Phi) is 6.68. The molecule has 158 valence electrons. The zero-order chi connectivity index (χ0) is 20.5. The molecule has 1 aromatic rings. The first-order valence-corrected chi connectivity index (χ1v) is 11.3. The lowest BCUT2D eigenvalue weighted by Gasteiger charge is -2.64. The minimum atomic E-state index is -4.69. The Morgan fingerprint density at radius 2 is 1.68 bits per heavy atom. The van der Waals surface area contributed by atoms with E-state index in [1.165, 1.54) is 36.9 Å². The molecule has 7 nitrogen and oxygen atoms in total. The summed E-state index contributed by atoms with van der Waals surface area (Å²) in [5.41, 5.74) is 2.99. The van der Waals surface area contributed by atoms with Crippen molar-refractivity contribution in [3.05, 3.63) is 35.4 Å². The van der Waals surface area contributed by atoms with E-state index >= 15 is 0 Å². The molecule has 3 aliphatic heterocycles. The molecule has 3 heterocycles. The van der Waals surface area contributed by atoms with Gasteiger partial charge in [0.15, 0.2) is 5.79 Å². The highest BCUT2D eigenvalue weighted by Gasteiger charge is 2.63. The van der Waals surface area contributed by atoms with E-state index in [4.69, 9.17) is 28.1 Å². The second-order valence-electron chi connectivity index (χ2n) is 7.62. The summed E-state index contributed by atoms with van der Waals surface area (Å²) in [6.45, 7) is 9.17. The van der Waals surface area contributed by atoms with Gasteiger partial charge in [-0.1, -0.05) is 37.6 Å². The first-order valence-electron chi connectivity index (χ1n) is 10.00. The summed E-state index contributed by atoms with van der Waals surface area (Å²) >= 11 is 0. The predicted molar refractivity (Wildman–Crippen MR) is 93.6 cm³/mol. The average molecular weight is 416 g/mol. The second kappa shape index (κ2) is 8.53. The average Bonchev–Trinajstić information content (AvgIpc) is 2.63. The van der Waals surface area contributed by atoms with Gasteiger partial charge in [0, 0.05) is 31.2 Å². The van der Waals surface area contributed by atoms with Crippen LogP contribution in [0.4, 0.5) is 0 Å². The fraction of sp³-hybridized carbons (Fsp3) is 0.700. The third kappa shape index (κ3) is 3.95. The third-order valence-corrected chi connectivity index (χ3v) is 6.27. The SMILES string of the molecule is CCOC1(OCC)C(C)C2c3ccccc3C1C1CCCCN12.[O-][Cl+3]([O-])([O-])O. The molecule has 0 amide bonds. The molecule has 5 rings (SSSR count). The fourth-order valence-corrected chi connectivity index (χ4v) is 5.61. The maximum absolute atomic E-state index is 8.60. The minimum Gasteiger partial charge on any atom is -0.349 e. The van der Waals surface area contributed by atoms with Crippen LogP contribution in [0.5, 0.6) is 0 Å². The molecule has 4 aliphatic rings. The molecule has 8 heteroatoms. The van der Waals surface area contributed by atoms with Gasteiger partial charge in [-0.05, 0) is 44.4 Å². The largest absolute Gasteiger partial charge is 0.349 e. The molecule has 1 aliphatic carbocycles. The van der Waals surface area contributed by atoms with Crippen LogP contribution in [0.25, 0.3) is 0 Å². The lowest BCUT2D eigenvalue weighted by atomic mass is 9.60. The quantitative estimate of drug-likeness (QED) is 0.687. The van der Waals surface area contributed by atoms with Crippen molar-refractivity contribution in [1.82, 2.24) is 4.90 Å². The number of rotatable bonds is 4. The van der Waals surface area contributed by atoms with E-state index in [-0.39, 0.29) is 0 Å². The summed E-state index contributed by atoms with van der Waals surface area (Å²) in [4.78, 5) is 2.76. The van der Waals surface area contributed by atoms with E-state index in [0.717, 1.165) is 0 Å². The number of piperidine rings is 2. The lowest BCUT2D eigenvalue weighted by molar-refractivity contribution is -1.92. The van der Waals surface area contributed by atoms with Gasteiger partial charge in [0.05, 0.1) is 20.8 Å². The number of halogens is 1. The van der Waals surface area contributed by atoms with Crippen LogP contribution in [-0.4, -0.2) is 41.1 Å². The Morgan fingerprint density at radius 3 is 2.25 bits per heavy atom. The zero-order valence-corrected chi connectivity index (χ0v) is 17.4. The van der Waals surface area contributed by atoms with Gasteiger partial charge in [0.2, 0.25) is 0 Å². The van der Waals surface area contributed by atoms with E-state index in [1.807, 2.05) is 0 Å². The first-order chi connectivity index (χ1) is 13.2. The zero-order valence-electron chi connectivity index (χ0n) is 16.7. The molecule has 1 N–H and O–H groups in total. The highest BCUT2D eigenvalue weighted by molar-refractivity contribution is 5.43. The van der Waals surface area contributed by atoms with Crippen molar-refractivity contribution >= 4 is 0 Å². The third-order valence-electron chi connectivity index (χ3n) is 6.27. The van der Waals surface area contributed by atoms with Crippen molar-refractivity contribution in [2.45, 2.75) is 63.8 Å². The Morgan fingerprint density at radius 1 is 1.11 bits per heavy atom. The van der Waals surface area contributed by atoms with Gasteiger partial charge in [0.1, 0.15) is 0 Å². The molecule has 2 bridgehead atoms. The molecular weight excluding hydrogens is 386 g/mol. The van der Waals surface area contributed by atoms with Gasteiger partial charge in [-0.3, -0.25) is 4.90 Å². The number of nitrogens with zero attached hydrogens (tertiary/aromatic N) is 1. The molecule has 28 heavy (non-hydrogen) atoms. The topological polar surface area (TPSA) is 111 Å². The van der Waals surface area contributed by atoms with Crippen LogP contribution in [0, 0.1) is 16.2 Å². The summed E-state index contributed by atoms with van der Waals surface area (Å²) < 4.78 is 45.6. The summed E-state index contributed by atoms with van der Waals surface area (Å²) in [5, 5.41) is 0. The van der Waals surface area contributed by atoms with E-state index in [9.17, 15) is 0 Å². The van der Waals surface area contributed by atoms with Crippen LogP contribution < -0.4 is 14.0 Å². The van der Waals surface area contributed by atoms with Crippen molar-refractivity contribution in [1.29, 1.82) is 0 Å². The van der Waals surface area contributed by atoms with Gasteiger partial charge < -0.3 is 9.47 Å². The molecule has 0 radical (unpaired) electrons. The van der Waals surface area contributed by atoms with Gasteiger partial charge in [0.25, 0.3) is 0 Å². The van der Waals surface area contributed by atoms with Crippen molar-refractivity contribution in [2.75, 3.05) is 19.8 Å². The summed E-state index contributed by atoms with van der Waals surface area (Å²) in [7, 11) is -4.69. The Hall–Kier alpha value is -0.770. The van der Waals surface area contributed by atoms with Gasteiger partial charge >= 0.3 is 0 Å². The maximum atomic E-state index is 8.60. The monoisotopic (exact) mass is 415 g/mol. The number of benzene rings is 1. The van der Waals surface area contributed by atoms with Gasteiger partial charge in [-0.25, -0.2) is 0 Å². The Labute approximate surface area is 168 Å². The van der Waals surface area contributed by atoms with Crippen molar-refractivity contribution in [3.8, 4) is 0 Å². The Balaban J connectivity index is 0.000000403. The van der Waals surface area contributed by atoms with E-state index < -0.39 is 16.0 Å². The first kappa shape index (κ1) is 21.9. The molecule has 4 unspecified atom stereocenters. The summed E-state index contributed by atoms with van der Waals surface area (Å²) in [5.74, 6) is 0.233. The van der Waals surface area contributed by atoms with Crippen LogP contribution in [0.2, 0.25) is 0 Å². The number of hydrogen-bond donors (Lipinski definition) is 1. The lowest BCUT2D eigenvalue weighted by Crippen LogP contribution is -2.68. The molecule has 0 spiro atoms. The minimum absolute atomic E-state index is 0.332. The normalized spacial score (nSPS) is 30.8. The summed E-state index contributed by atoms with van der Waals surface area (Å²) in [6, 6.07) is 10.0. The van der Waals surface area contributed by atoms with Crippen LogP contribution in [0.1, 0.15) is 63.1 Å². The molecule has 2 fully saturated rings. The number of hydrogen-bond acceptors (Lipinski definition) is 7. The molecule has 2 saturated heterocycles.